The Morgan fingerprint density at radius 2 is 2.26 bits per heavy atom. The van der Waals surface area contributed by atoms with Gasteiger partial charge in [-0.2, -0.15) is 0 Å². The van der Waals surface area contributed by atoms with Crippen molar-refractivity contribution in [2.24, 2.45) is 10.9 Å². The lowest BCUT2D eigenvalue weighted by molar-refractivity contribution is 0.101. The second-order valence-corrected chi connectivity index (χ2v) is 5.20. The van der Waals surface area contributed by atoms with E-state index in [1.54, 1.807) is 13.1 Å². The number of carbonyl (C=O) groups is 1. The molecule has 0 radical (unpaired) electrons. The zero-order valence-electron chi connectivity index (χ0n) is 11.1. The largest absolute Gasteiger partial charge is 0.493 e. The predicted octanol–water partition coefficient (Wildman–Crippen LogP) is 3.15. The number of carbonyl (C=O) groups excluding carboxylic acids is 1. The van der Waals surface area contributed by atoms with E-state index in [2.05, 4.69) is 4.99 Å². The van der Waals surface area contributed by atoms with Crippen LogP contribution < -0.4 is 4.74 Å². The molecule has 0 saturated heterocycles. The molecule has 98 valence electrons. The highest BCUT2D eigenvalue weighted by Crippen LogP contribution is 2.33. The van der Waals surface area contributed by atoms with Gasteiger partial charge < -0.3 is 4.74 Å². The minimum atomic E-state index is 0.0782. The highest BCUT2D eigenvalue weighted by molar-refractivity contribution is 5.97. The number of ether oxygens (including phenoxy) is 1. The lowest BCUT2D eigenvalue weighted by atomic mass is 10.0. The molecular weight excluding hydrogens is 238 g/mol. The number of hydrogen-bond acceptors (Lipinski definition) is 3. The Labute approximate surface area is 113 Å². The summed E-state index contributed by atoms with van der Waals surface area (Å²) >= 11 is 0. The summed E-state index contributed by atoms with van der Waals surface area (Å²) in [7, 11) is 0. The SMILES string of the molecule is CC(=O)c1ccc(OCC2CC2)c(C2=CC=NC2)c1. The molecule has 0 N–H and O–H groups in total. The Morgan fingerprint density at radius 1 is 1.42 bits per heavy atom. The molecule has 0 bridgehead atoms. The first kappa shape index (κ1) is 12.2. The summed E-state index contributed by atoms with van der Waals surface area (Å²) in [5.41, 5.74) is 2.85. The van der Waals surface area contributed by atoms with Crippen LogP contribution in [0.1, 0.15) is 35.7 Å². The van der Waals surface area contributed by atoms with Gasteiger partial charge >= 0.3 is 0 Å². The number of allylic oxidation sites excluding steroid dienone is 1. The van der Waals surface area contributed by atoms with E-state index in [0.29, 0.717) is 12.5 Å². The van der Waals surface area contributed by atoms with Crippen molar-refractivity contribution in [3.63, 3.8) is 0 Å². The minimum absolute atomic E-state index is 0.0782. The molecule has 1 saturated carbocycles. The van der Waals surface area contributed by atoms with Crippen LogP contribution in [0, 0.1) is 5.92 Å². The molecule has 0 spiro atoms. The quantitative estimate of drug-likeness (QED) is 0.758. The van der Waals surface area contributed by atoms with Crippen LogP contribution >= 0.6 is 0 Å². The Balaban J connectivity index is 1.89. The molecule has 1 aliphatic carbocycles. The van der Waals surface area contributed by atoms with E-state index in [4.69, 9.17) is 4.74 Å². The molecule has 3 rings (SSSR count). The second kappa shape index (κ2) is 5.00. The average molecular weight is 255 g/mol. The summed E-state index contributed by atoms with van der Waals surface area (Å²) in [6.07, 6.45) is 6.34. The van der Waals surface area contributed by atoms with Crippen LogP contribution in [0.2, 0.25) is 0 Å². The van der Waals surface area contributed by atoms with Gasteiger partial charge in [-0.15, -0.1) is 0 Å². The molecule has 3 nitrogen and oxygen atoms in total. The van der Waals surface area contributed by atoms with Crippen molar-refractivity contribution < 1.29 is 9.53 Å². The standard InChI is InChI=1S/C16H17NO2/c1-11(18)13-4-5-16(19-10-12-2-3-12)15(8-13)14-6-7-17-9-14/h4-8,12H,2-3,9-10H2,1H3. The van der Waals surface area contributed by atoms with E-state index in [9.17, 15) is 4.79 Å². The van der Waals surface area contributed by atoms with Crippen molar-refractivity contribution in [3.8, 4) is 5.75 Å². The first-order valence-electron chi connectivity index (χ1n) is 6.71. The molecule has 0 amide bonds. The Bertz CT molecular complexity index is 568. The monoisotopic (exact) mass is 255 g/mol. The molecule has 1 aliphatic heterocycles. The van der Waals surface area contributed by atoms with Crippen LogP contribution in [0.25, 0.3) is 5.57 Å². The van der Waals surface area contributed by atoms with Gasteiger partial charge in [-0.1, -0.05) is 0 Å². The summed E-state index contributed by atoms with van der Waals surface area (Å²) < 4.78 is 5.90. The van der Waals surface area contributed by atoms with Crippen molar-refractivity contribution in [2.75, 3.05) is 13.2 Å². The Hall–Kier alpha value is -1.90. The van der Waals surface area contributed by atoms with Crippen LogP contribution in [0.4, 0.5) is 0 Å². The van der Waals surface area contributed by atoms with Crippen LogP contribution in [-0.2, 0) is 0 Å². The van der Waals surface area contributed by atoms with Crippen molar-refractivity contribution in [2.45, 2.75) is 19.8 Å². The highest BCUT2D eigenvalue weighted by atomic mass is 16.5. The average Bonchev–Trinajstić information content (AvgIpc) is 3.08. The highest BCUT2D eigenvalue weighted by Gasteiger charge is 2.23. The molecule has 0 atom stereocenters. The van der Waals surface area contributed by atoms with Crippen molar-refractivity contribution in [1.82, 2.24) is 0 Å². The van der Waals surface area contributed by atoms with E-state index in [1.165, 1.54) is 12.8 Å². The Kier molecular flexibility index (Phi) is 3.20. The molecule has 1 aromatic rings. The van der Waals surface area contributed by atoms with Crippen LogP contribution in [-0.4, -0.2) is 25.1 Å². The number of aliphatic imine (C=N–C) groups is 1. The molecule has 1 heterocycles. The van der Waals surface area contributed by atoms with E-state index < -0.39 is 0 Å². The van der Waals surface area contributed by atoms with Gasteiger partial charge in [-0.3, -0.25) is 9.79 Å². The van der Waals surface area contributed by atoms with Gasteiger partial charge in [0.2, 0.25) is 0 Å². The molecule has 2 aliphatic rings. The van der Waals surface area contributed by atoms with Gasteiger partial charge in [0.05, 0.1) is 13.2 Å². The van der Waals surface area contributed by atoms with E-state index in [1.807, 2.05) is 24.3 Å². The summed E-state index contributed by atoms with van der Waals surface area (Å²) in [4.78, 5) is 15.7. The fourth-order valence-corrected chi connectivity index (χ4v) is 2.14. The van der Waals surface area contributed by atoms with Gasteiger partial charge in [0.1, 0.15) is 5.75 Å². The number of Topliss-reactive ketones (excluding diaryl/α,β-unsaturated/α-hetero) is 1. The first-order chi connectivity index (χ1) is 9.24. The third-order valence-corrected chi connectivity index (χ3v) is 3.55. The fourth-order valence-electron chi connectivity index (χ4n) is 2.14. The number of rotatable bonds is 5. The van der Waals surface area contributed by atoms with Crippen LogP contribution in [0.5, 0.6) is 5.75 Å². The zero-order valence-corrected chi connectivity index (χ0v) is 11.1. The van der Waals surface area contributed by atoms with Crippen molar-refractivity contribution in [3.05, 3.63) is 35.4 Å². The van der Waals surface area contributed by atoms with E-state index in [-0.39, 0.29) is 5.78 Å². The normalized spacial score (nSPS) is 17.4. The van der Waals surface area contributed by atoms with Crippen LogP contribution in [0.15, 0.2) is 29.3 Å². The van der Waals surface area contributed by atoms with E-state index in [0.717, 1.165) is 29.1 Å². The predicted molar refractivity (Wildman–Crippen MR) is 76.0 cm³/mol. The maximum absolute atomic E-state index is 11.5. The summed E-state index contributed by atoms with van der Waals surface area (Å²) in [5, 5.41) is 0. The summed E-state index contributed by atoms with van der Waals surface area (Å²) in [6.45, 7) is 3.03. The topological polar surface area (TPSA) is 38.7 Å². The lowest BCUT2D eigenvalue weighted by Gasteiger charge is -2.13. The smallest absolute Gasteiger partial charge is 0.159 e. The van der Waals surface area contributed by atoms with Gasteiger partial charge in [0.15, 0.2) is 5.78 Å². The molecule has 1 aromatic carbocycles. The second-order valence-electron chi connectivity index (χ2n) is 5.20. The summed E-state index contributed by atoms with van der Waals surface area (Å²) in [6, 6.07) is 5.67. The molecular formula is C16H17NO2. The van der Waals surface area contributed by atoms with E-state index >= 15 is 0 Å². The molecule has 1 fully saturated rings. The molecule has 0 unspecified atom stereocenters. The zero-order chi connectivity index (χ0) is 13.2. The summed E-state index contributed by atoms with van der Waals surface area (Å²) in [5.74, 6) is 1.66. The molecule has 3 heteroatoms. The number of hydrogen-bond donors (Lipinski definition) is 0. The van der Waals surface area contributed by atoms with Gasteiger partial charge in [-0.25, -0.2) is 0 Å². The molecule has 0 aromatic heterocycles. The maximum atomic E-state index is 11.5. The molecule has 19 heavy (non-hydrogen) atoms. The van der Waals surface area contributed by atoms with Crippen molar-refractivity contribution >= 4 is 17.6 Å². The maximum Gasteiger partial charge on any atom is 0.159 e. The number of benzene rings is 1. The lowest BCUT2D eigenvalue weighted by Crippen LogP contribution is -2.03. The van der Waals surface area contributed by atoms with Crippen molar-refractivity contribution in [1.29, 1.82) is 0 Å². The number of ketones is 1. The van der Waals surface area contributed by atoms with Gasteiger partial charge in [0, 0.05) is 17.3 Å². The third kappa shape index (κ3) is 2.75. The fraction of sp³-hybridized carbons (Fsp3) is 0.375. The van der Waals surface area contributed by atoms with Crippen LogP contribution in [0.3, 0.4) is 0 Å². The van der Waals surface area contributed by atoms with Gasteiger partial charge in [0.25, 0.3) is 0 Å². The first-order valence-corrected chi connectivity index (χ1v) is 6.71. The van der Waals surface area contributed by atoms with Gasteiger partial charge in [-0.05, 0) is 55.5 Å². The third-order valence-electron chi connectivity index (χ3n) is 3.55. The Morgan fingerprint density at radius 3 is 2.89 bits per heavy atom. The minimum Gasteiger partial charge on any atom is -0.493 e. The number of nitrogens with zero attached hydrogens (tertiary/aromatic N) is 1.